The van der Waals surface area contributed by atoms with E-state index < -0.39 is 17.8 Å². The number of hydrogen-bond acceptors (Lipinski definition) is 4. The van der Waals surface area contributed by atoms with Crippen LogP contribution in [0.3, 0.4) is 0 Å². The van der Waals surface area contributed by atoms with Crippen LogP contribution in [0.4, 0.5) is 13.2 Å². The van der Waals surface area contributed by atoms with Crippen LogP contribution in [-0.2, 0) is 6.18 Å². The number of halogens is 5. The number of rotatable bonds is 1. The average molecular weight is 375 g/mol. The molecule has 10 heteroatoms. The lowest BCUT2D eigenvalue weighted by atomic mass is 9.84. The minimum Gasteiger partial charge on any atom is -0.420 e. The van der Waals surface area contributed by atoms with Crippen LogP contribution in [0.15, 0.2) is 29.7 Å². The summed E-state index contributed by atoms with van der Waals surface area (Å²) < 4.78 is 44.9. The number of nitrogens with one attached hydrogen (secondary N) is 1. The van der Waals surface area contributed by atoms with E-state index in [0.717, 1.165) is 0 Å². The molecule has 0 saturated heterocycles. The molecule has 1 aromatic heterocycles. The van der Waals surface area contributed by atoms with Gasteiger partial charge in [-0.25, -0.2) is 0 Å². The first-order chi connectivity index (χ1) is 11.2. The van der Waals surface area contributed by atoms with E-state index in [0.29, 0.717) is 5.02 Å². The second-order valence-electron chi connectivity index (χ2n) is 4.91. The summed E-state index contributed by atoms with van der Waals surface area (Å²) in [7, 11) is 0. The molecule has 24 heavy (non-hydrogen) atoms. The van der Waals surface area contributed by atoms with E-state index >= 15 is 0 Å². The SMILES string of the molecule is N#CC1=C(N)Oc2n[nH]c(C(F)(F)F)c2[C@H]1c1ccc(Cl)cc1Cl. The molecule has 2 aromatic rings. The number of H-pyrrole nitrogens is 1. The van der Waals surface area contributed by atoms with Gasteiger partial charge in [0, 0.05) is 10.0 Å². The van der Waals surface area contributed by atoms with Crippen LogP contribution in [0.1, 0.15) is 22.7 Å². The van der Waals surface area contributed by atoms with E-state index in [9.17, 15) is 18.4 Å². The van der Waals surface area contributed by atoms with Gasteiger partial charge in [0.1, 0.15) is 17.3 Å². The summed E-state index contributed by atoms with van der Waals surface area (Å²) in [5, 5.41) is 15.1. The summed E-state index contributed by atoms with van der Waals surface area (Å²) in [5.41, 5.74) is 4.22. The van der Waals surface area contributed by atoms with Crippen molar-refractivity contribution < 1.29 is 17.9 Å². The topological polar surface area (TPSA) is 87.7 Å². The highest BCUT2D eigenvalue weighted by atomic mass is 35.5. The van der Waals surface area contributed by atoms with Crippen LogP contribution in [-0.4, -0.2) is 10.2 Å². The van der Waals surface area contributed by atoms with Gasteiger partial charge in [0.25, 0.3) is 0 Å². The van der Waals surface area contributed by atoms with Crippen LogP contribution in [0.25, 0.3) is 0 Å². The van der Waals surface area contributed by atoms with Crippen molar-refractivity contribution >= 4 is 23.2 Å². The van der Waals surface area contributed by atoms with Gasteiger partial charge in [0.15, 0.2) is 0 Å². The Morgan fingerprint density at radius 3 is 2.62 bits per heavy atom. The van der Waals surface area contributed by atoms with Gasteiger partial charge in [-0.05, 0) is 17.7 Å². The number of nitrogens with zero attached hydrogens (tertiary/aromatic N) is 2. The van der Waals surface area contributed by atoms with E-state index in [2.05, 4.69) is 5.10 Å². The number of benzene rings is 1. The first-order valence-corrected chi connectivity index (χ1v) is 7.17. The lowest BCUT2D eigenvalue weighted by Gasteiger charge is -2.25. The van der Waals surface area contributed by atoms with Gasteiger partial charge in [-0.3, -0.25) is 5.10 Å². The third kappa shape index (κ3) is 2.56. The summed E-state index contributed by atoms with van der Waals surface area (Å²) in [4.78, 5) is 0. The van der Waals surface area contributed by atoms with Gasteiger partial charge in [-0.1, -0.05) is 29.3 Å². The van der Waals surface area contributed by atoms with Gasteiger partial charge in [-0.15, -0.1) is 5.10 Å². The van der Waals surface area contributed by atoms with Crippen molar-refractivity contribution in [1.29, 1.82) is 5.26 Å². The van der Waals surface area contributed by atoms with Crippen LogP contribution in [0.2, 0.25) is 10.0 Å². The Labute approximate surface area is 143 Å². The fourth-order valence-corrected chi connectivity index (χ4v) is 3.03. The molecule has 1 aromatic carbocycles. The molecule has 0 radical (unpaired) electrons. The minimum atomic E-state index is -4.73. The summed E-state index contributed by atoms with van der Waals surface area (Å²) in [6.45, 7) is 0. The maximum absolute atomic E-state index is 13.3. The fraction of sp³-hybridized carbons (Fsp3) is 0.143. The van der Waals surface area contributed by atoms with Crippen molar-refractivity contribution in [1.82, 2.24) is 10.2 Å². The summed E-state index contributed by atoms with van der Waals surface area (Å²) >= 11 is 12.0. The predicted octanol–water partition coefficient (Wildman–Crippen LogP) is 3.95. The van der Waals surface area contributed by atoms with Crippen molar-refractivity contribution in [3.8, 4) is 11.9 Å². The first kappa shape index (κ1) is 16.5. The maximum atomic E-state index is 13.3. The number of hydrogen-bond donors (Lipinski definition) is 2. The van der Waals surface area contributed by atoms with E-state index in [1.165, 1.54) is 18.2 Å². The largest absolute Gasteiger partial charge is 0.433 e. The highest BCUT2D eigenvalue weighted by Crippen LogP contribution is 2.48. The smallest absolute Gasteiger partial charge is 0.420 e. The van der Waals surface area contributed by atoms with E-state index in [4.69, 9.17) is 33.7 Å². The van der Waals surface area contributed by atoms with E-state index in [1.54, 1.807) is 6.07 Å². The molecule has 3 N–H and O–H groups in total. The van der Waals surface area contributed by atoms with E-state index in [1.807, 2.05) is 5.10 Å². The number of nitriles is 1. The normalized spacial score (nSPS) is 17.2. The molecule has 0 bridgehead atoms. The van der Waals surface area contributed by atoms with Crippen molar-refractivity contribution in [3.05, 3.63) is 56.5 Å². The van der Waals surface area contributed by atoms with Crippen LogP contribution >= 0.6 is 23.2 Å². The number of alkyl halides is 3. The molecule has 0 amide bonds. The average Bonchev–Trinajstić information content (AvgIpc) is 2.89. The zero-order chi connectivity index (χ0) is 17.6. The van der Waals surface area contributed by atoms with Crippen molar-refractivity contribution in [2.24, 2.45) is 5.73 Å². The second kappa shape index (κ2) is 5.61. The molecule has 0 aliphatic carbocycles. The molecule has 1 aliphatic rings. The standard InChI is InChI=1S/C14H7Cl2F3N4O/c15-5-1-2-6(8(16)3-5)9-7(4-20)12(21)24-13-10(9)11(22-23-13)14(17,18)19/h1-3,9H,21H2,(H,22,23)/t9-/m0/s1. The summed E-state index contributed by atoms with van der Waals surface area (Å²) in [6, 6.07) is 6.04. The highest BCUT2D eigenvalue weighted by molar-refractivity contribution is 6.35. The van der Waals surface area contributed by atoms with Crippen LogP contribution < -0.4 is 10.5 Å². The Hall–Kier alpha value is -2.37. The van der Waals surface area contributed by atoms with Crippen molar-refractivity contribution in [2.75, 3.05) is 0 Å². The zero-order valence-electron chi connectivity index (χ0n) is 11.6. The predicted molar refractivity (Wildman–Crippen MR) is 79.3 cm³/mol. The summed E-state index contributed by atoms with van der Waals surface area (Å²) in [6.07, 6.45) is -4.73. The Bertz CT molecular complexity index is 898. The Balaban J connectivity index is 2.31. The molecular weight excluding hydrogens is 368 g/mol. The van der Waals surface area contributed by atoms with E-state index in [-0.39, 0.29) is 33.5 Å². The van der Waals surface area contributed by atoms with Crippen molar-refractivity contribution in [3.63, 3.8) is 0 Å². The third-order valence-corrected chi connectivity index (χ3v) is 4.06. The molecule has 0 unspecified atom stereocenters. The molecule has 0 spiro atoms. The van der Waals surface area contributed by atoms with Crippen molar-refractivity contribution in [2.45, 2.75) is 12.1 Å². The third-order valence-electron chi connectivity index (χ3n) is 3.50. The number of ether oxygens (including phenoxy) is 1. The van der Waals surface area contributed by atoms with Crippen LogP contribution in [0, 0.1) is 11.3 Å². The lowest BCUT2D eigenvalue weighted by molar-refractivity contribution is -0.141. The zero-order valence-corrected chi connectivity index (χ0v) is 13.1. The van der Waals surface area contributed by atoms with Gasteiger partial charge in [0.05, 0.1) is 11.5 Å². The molecule has 0 fully saturated rings. The fourth-order valence-electron chi connectivity index (χ4n) is 2.51. The molecular formula is C14H7Cl2F3N4O. The number of nitrogens with two attached hydrogens (primary N) is 1. The first-order valence-electron chi connectivity index (χ1n) is 6.42. The molecule has 5 nitrogen and oxygen atoms in total. The Morgan fingerprint density at radius 2 is 2.04 bits per heavy atom. The van der Waals surface area contributed by atoms with Gasteiger partial charge in [0.2, 0.25) is 11.8 Å². The van der Waals surface area contributed by atoms with Gasteiger partial charge in [-0.2, -0.15) is 18.4 Å². The molecule has 3 rings (SSSR count). The second-order valence-corrected chi connectivity index (χ2v) is 5.75. The number of aromatic nitrogens is 2. The number of fused-ring (bicyclic) bond motifs is 1. The van der Waals surface area contributed by atoms with Gasteiger partial charge < -0.3 is 10.5 Å². The Morgan fingerprint density at radius 1 is 1.33 bits per heavy atom. The number of allylic oxidation sites excluding steroid dienone is 1. The highest BCUT2D eigenvalue weighted by Gasteiger charge is 2.44. The molecule has 1 atom stereocenters. The maximum Gasteiger partial charge on any atom is 0.433 e. The molecule has 0 saturated carbocycles. The molecule has 1 aliphatic heterocycles. The van der Waals surface area contributed by atoms with Crippen LogP contribution in [0.5, 0.6) is 5.88 Å². The quantitative estimate of drug-likeness (QED) is 0.790. The number of aromatic amines is 1. The minimum absolute atomic E-state index is 0.0928. The Kier molecular flexibility index (Phi) is 3.86. The lowest BCUT2D eigenvalue weighted by Crippen LogP contribution is -2.23. The summed E-state index contributed by atoms with van der Waals surface area (Å²) in [5.74, 6) is -1.87. The molecule has 124 valence electrons. The molecule has 2 heterocycles. The van der Waals surface area contributed by atoms with Gasteiger partial charge >= 0.3 is 6.18 Å². The monoisotopic (exact) mass is 374 g/mol.